The summed E-state index contributed by atoms with van der Waals surface area (Å²) in [5.41, 5.74) is 8.69. The van der Waals surface area contributed by atoms with Gasteiger partial charge in [0, 0.05) is 25.3 Å². The van der Waals surface area contributed by atoms with E-state index in [1.54, 1.807) is 39.3 Å². The molecule has 0 aliphatic heterocycles. The number of ether oxygens (including phenoxy) is 3. The van der Waals surface area contributed by atoms with Gasteiger partial charge in [-0.2, -0.15) is 5.10 Å². The van der Waals surface area contributed by atoms with E-state index in [0.29, 0.717) is 23.9 Å². The van der Waals surface area contributed by atoms with Gasteiger partial charge in [-0.05, 0) is 11.6 Å². The summed E-state index contributed by atoms with van der Waals surface area (Å²) in [6.45, 7) is 0.448. The Morgan fingerprint density at radius 2 is 1.95 bits per heavy atom. The maximum absolute atomic E-state index is 6.08. The first-order valence-corrected chi connectivity index (χ1v) is 6.14. The first-order chi connectivity index (χ1) is 9.63. The molecule has 20 heavy (non-hydrogen) atoms. The van der Waals surface area contributed by atoms with Gasteiger partial charge in [0.15, 0.2) is 11.5 Å². The van der Waals surface area contributed by atoms with Crippen molar-refractivity contribution in [3.63, 3.8) is 0 Å². The number of nitrogens with zero attached hydrogens (tertiary/aromatic N) is 2. The van der Waals surface area contributed by atoms with E-state index in [1.807, 2.05) is 12.1 Å². The van der Waals surface area contributed by atoms with Gasteiger partial charge in [0.25, 0.3) is 0 Å². The molecule has 0 saturated carbocycles. The van der Waals surface area contributed by atoms with Gasteiger partial charge in [0.05, 0.1) is 27.0 Å². The fourth-order valence-electron chi connectivity index (χ4n) is 2.18. The van der Waals surface area contributed by atoms with Crippen LogP contribution in [0.4, 0.5) is 5.82 Å². The molecule has 108 valence electrons. The molecule has 0 fully saturated rings. The summed E-state index contributed by atoms with van der Waals surface area (Å²) in [5.74, 6) is 1.83. The molecule has 0 spiro atoms. The number of methoxy groups -OCH3 is 3. The fourth-order valence-corrected chi connectivity index (χ4v) is 2.18. The number of hydrogen-bond donors (Lipinski definition) is 1. The molecule has 6 heteroatoms. The Morgan fingerprint density at radius 3 is 2.45 bits per heavy atom. The van der Waals surface area contributed by atoms with E-state index < -0.39 is 0 Å². The minimum absolute atomic E-state index is 0.448. The van der Waals surface area contributed by atoms with Crippen molar-refractivity contribution in [2.75, 3.05) is 27.1 Å². The van der Waals surface area contributed by atoms with E-state index in [0.717, 1.165) is 16.7 Å². The molecule has 0 unspecified atom stereocenters. The van der Waals surface area contributed by atoms with Crippen molar-refractivity contribution in [1.29, 1.82) is 0 Å². The largest absolute Gasteiger partial charge is 0.493 e. The zero-order chi connectivity index (χ0) is 14.7. The van der Waals surface area contributed by atoms with Crippen LogP contribution in [0.25, 0.3) is 11.1 Å². The number of nitrogen functional groups attached to an aromatic ring is 1. The van der Waals surface area contributed by atoms with Gasteiger partial charge < -0.3 is 19.9 Å². The van der Waals surface area contributed by atoms with Gasteiger partial charge in [-0.1, -0.05) is 6.07 Å². The van der Waals surface area contributed by atoms with Crippen molar-refractivity contribution in [3.8, 4) is 22.6 Å². The molecule has 6 nitrogen and oxygen atoms in total. The second kappa shape index (κ2) is 5.83. The predicted octanol–water partition coefficient (Wildman–Crippen LogP) is 1.83. The molecule has 0 atom stereocenters. The minimum Gasteiger partial charge on any atom is -0.493 e. The number of benzene rings is 1. The standard InChI is InChI=1S/C14H19N3O3/c1-17-14(15)10(7-16-17)12-9(8-18-2)5-6-11(19-3)13(12)20-4/h5-7H,8,15H2,1-4H3. The topological polar surface area (TPSA) is 71.5 Å². The van der Waals surface area contributed by atoms with E-state index in [4.69, 9.17) is 19.9 Å². The van der Waals surface area contributed by atoms with Crippen LogP contribution in [-0.2, 0) is 18.4 Å². The summed E-state index contributed by atoms with van der Waals surface area (Å²) in [4.78, 5) is 0. The van der Waals surface area contributed by atoms with E-state index >= 15 is 0 Å². The minimum atomic E-state index is 0.448. The molecule has 2 rings (SSSR count). The normalized spacial score (nSPS) is 10.6. The van der Waals surface area contributed by atoms with E-state index in [2.05, 4.69) is 5.10 Å². The Labute approximate surface area is 118 Å². The van der Waals surface area contributed by atoms with Crippen molar-refractivity contribution < 1.29 is 14.2 Å². The van der Waals surface area contributed by atoms with Crippen LogP contribution < -0.4 is 15.2 Å². The number of anilines is 1. The fraction of sp³-hybridized carbons (Fsp3) is 0.357. The Balaban J connectivity index is 2.72. The average molecular weight is 277 g/mol. The Kier molecular flexibility index (Phi) is 4.14. The van der Waals surface area contributed by atoms with Crippen molar-refractivity contribution >= 4 is 5.82 Å². The first kappa shape index (κ1) is 14.2. The molecule has 0 bridgehead atoms. The van der Waals surface area contributed by atoms with Gasteiger partial charge in [-0.25, -0.2) is 0 Å². The van der Waals surface area contributed by atoms with Crippen LogP contribution in [0.2, 0.25) is 0 Å². The second-order valence-corrected chi connectivity index (χ2v) is 4.34. The molecule has 0 radical (unpaired) electrons. The average Bonchev–Trinajstić information content (AvgIpc) is 2.78. The molecule has 1 heterocycles. The molecule has 0 aliphatic carbocycles. The van der Waals surface area contributed by atoms with Crippen molar-refractivity contribution in [2.45, 2.75) is 6.61 Å². The quantitative estimate of drug-likeness (QED) is 0.902. The van der Waals surface area contributed by atoms with E-state index in [9.17, 15) is 0 Å². The maximum atomic E-state index is 6.08. The zero-order valence-electron chi connectivity index (χ0n) is 12.1. The Morgan fingerprint density at radius 1 is 1.20 bits per heavy atom. The van der Waals surface area contributed by atoms with Crippen molar-refractivity contribution in [3.05, 3.63) is 23.9 Å². The Hall–Kier alpha value is -2.21. The predicted molar refractivity (Wildman–Crippen MR) is 76.9 cm³/mol. The lowest BCUT2D eigenvalue weighted by Crippen LogP contribution is -2.02. The number of hydrogen-bond acceptors (Lipinski definition) is 5. The molecule has 0 amide bonds. The SMILES string of the molecule is COCc1ccc(OC)c(OC)c1-c1cnn(C)c1N. The van der Waals surface area contributed by atoms with Gasteiger partial charge in [0.1, 0.15) is 5.82 Å². The van der Waals surface area contributed by atoms with Gasteiger partial charge >= 0.3 is 0 Å². The van der Waals surface area contributed by atoms with Crippen LogP contribution in [0.1, 0.15) is 5.56 Å². The second-order valence-electron chi connectivity index (χ2n) is 4.34. The Bertz CT molecular complexity index is 608. The monoisotopic (exact) mass is 277 g/mol. The summed E-state index contributed by atoms with van der Waals surface area (Å²) in [5, 5.41) is 4.18. The molecule has 2 N–H and O–H groups in total. The van der Waals surface area contributed by atoms with E-state index in [1.165, 1.54) is 0 Å². The summed E-state index contributed by atoms with van der Waals surface area (Å²) < 4.78 is 17.7. The third kappa shape index (κ3) is 2.30. The van der Waals surface area contributed by atoms with Crippen LogP contribution in [-0.4, -0.2) is 31.1 Å². The molecule has 1 aromatic heterocycles. The summed E-state index contributed by atoms with van der Waals surface area (Å²) in [6.07, 6.45) is 1.71. The van der Waals surface area contributed by atoms with Crippen LogP contribution in [0.5, 0.6) is 11.5 Å². The highest BCUT2D eigenvalue weighted by molar-refractivity contribution is 5.83. The summed E-state index contributed by atoms with van der Waals surface area (Å²) >= 11 is 0. The highest BCUT2D eigenvalue weighted by Crippen LogP contribution is 2.42. The third-order valence-electron chi connectivity index (χ3n) is 3.19. The molecule has 2 aromatic rings. The summed E-state index contributed by atoms with van der Waals surface area (Å²) in [7, 11) is 6.64. The first-order valence-electron chi connectivity index (χ1n) is 6.14. The number of rotatable bonds is 5. The lowest BCUT2D eigenvalue weighted by atomic mass is 10.00. The van der Waals surface area contributed by atoms with Gasteiger partial charge in [-0.15, -0.1) is 0 Å². The smallest absolute Gasteiger partial charge is 0.169 e. The van der Waals surface area contributed by atoms with E-state index in [-0.39, 0.29) is 0 Å². The lowest BCUT2D eigenvalue weighted by molar-refractivity contribution is 0.185. The highest BCUT2D eigenvalue weighted by Gasteiger charge is 2.20. The van der Waals surface area contributed by atoms with Crippen molar-refractivity contribution in [2.24, 2.45) is 7.05 Å². The van der Waals surface area contributed by atoms with Crippen LogP contribution >= 0.6 is 0 Å². The van der Waals surface area contributed by atoms with Crippen LogP contribution in [0, 0.1) is 0 Å². The molecule has 1 aromatic carbocycles. The van der Waals surface area contributed by atoms with Gasteiger partial charge in [-0.3, -0.25) is 4.68 Å². The number of aromatic nitrogens is 2. The third-order valence-corrected chi connectivity index (χ3v) is 3.19. The summed E-state index contributed by atoms with van der Waals surface area (Å²) in [6, 6.07) is 3.79. The van der Waals surface area contributed by atoms with Crippen LogP contribution in [0.3, 0.4) is 0 Å². The highest BCUT2D eigenvalue weighted by atomic mass is 16.5. The zero-order valence-corrected chi connectivity index (χ0v) is 12.1. The lowest BCUT2D eigenvalue weighted by Gasteiger charge is -2.16. The molecular formula is C14H19N3O3. The maximum Gasteiger partial charge on any atom is 0.169 e. The van der Waals surface area contributed by atoms with Crippen molar-refractivity contribution in [1.82, 2.24) is 9.78 Å². The number of aryl methyl sites for hydroxylation is 1. The number of nitrogens with two attached hydrogens (primary N) is 1. The van der Waals surface area contributed by atoms with Crippen LogP contribution in [0.15, 0.2) is 18.3 Å². The molecule has 0 aliphatic rings. The molecular weight excluding hydrogens is 258 g/mol. The molecule has 0 saturated heterocycles. The van der Waals surface area contributed by atoms with Gasteiger partial charge in [0.2, 0.25) is 0 Å².